The summed E-state index contributed by atoms with van der Waals surface area (Å²) in [5.74, 6) is -0.142. The molecule has 154 valence electrons. The minimum absolute atomic E-state index is 0.133. The maximum absolute atomic E-state index is 12.6. The summed E-state index contributed by atoms with van der Waals surface area (Å²) in [6, 6.07) is 0.274. The molecule has 9 heteroatoms. The molecule has 2 rings (SSSR count). The van der Waals surface area contributed by atoms with Crippen molar-refractivity contribution in [3.8, 4) is 11.5 Å². The zero-order chi connectivity index (χ0) is 21.0. The van der Waals surface area contributed by atoms with Gasteiger partial charge < -0.3 is 24.8 Å². The number of esters is 1. The lowest BCUT2D eigenvalue weighted by Gasteiger charge is -2.32. The summed E-state index contributed by atoms with van der Waals surface area (Å²) in [4.78, 5) is 24.9. The monoisotopic (exact) mass is 430 g/mol. The Kier molecular flexibility index (Phi) is 7.43. The number of amides is 2. The number of ether oxygens (including phenoxy) is 3. The van der Waals surface area contributed by atoms with E-state index >= 15 is 0 Å². The van der Waals surface area contributed by atoms with Crippen LogP contribution in [0, 0.1) is 5.92 Å². The van der Waals surface area contributed by atoms with E-state index < -0.39 is 18.0 Å². The van der Waals surface area contributed by atoms with Crippen molar-refractivity contribution in [2.24, 2.45) is 5.92 Å². The number of benzene rings is 1. The van der Waals surface area contributed by atoms with Gasteiger partial charge in [-0.15, -0.1) is 0 Å². The summed E-state index contributed by atoms with van der Waals surface area (Å²) in [5, 5.41) is 5.85. The number of hydrogen-bond acceptors (Lipinski definition) is 5. The molecule has 1 aromatic rings. The van der Waals surface area contributed by atoms with Crippen molar-refractivity contribution in [2.75, 3.05) is 20.3 Å². The van der Waals surface area contributed by atoms with Crippen molar-refractivity contribution in [3.05, 3.63) is 32.9 Å². The maximum Gasteiger partial charge on any atom is 0.337 e. The number of halogens is 2. The van der Waals surface area contributed by atoms with Gasteiger partial charge in [0.2, 0.25) is 0 Å². The first kappa shape index (κ1) is 22.2. The first-order chi connectivity index (χ1) is 13.3. The van der Waals surface area contributed by atoms with Gasteiger partial charge in [0.05, 0.1) is 37.0 Å². The first-order valence-electron chi connectivity index (χ1n) is 8.94. The van der Waals surface area contributed by atoms with Gasteiger partial charge in [0.15, 0.2) is 5.75 Å². The van der Waals surface area contributed by atoms with E-state index in [9.17, 15) is 9.59 Å². The fraction of sp³-hybridized carbons (Fsp3) is 0.474. The van der Waals surface area contributed by atoms with Crippen LogP contribution in [0.4, 0.5) is 4.79 Å². The molecule has 1 aromatic carbocycles. The van der Waals surface area contributed by atoms with Crippen LogP contribution in [0.2, 0.25) is 10.0 Å². The van der Waals surface area contributed by atoms with Crippen molar-refractivity contribution in [2.45, 2.75) is 33.7 Å². The Hall–Kier alpha value is -2.12. The van der Waals surface area contributed by atoms with Crippen molar-refractivity contribution >= 4 is 35.2 Å². The minimum atomic E-state index is -0.856. The molecule has 1 atom stereocenters. The Balaban J connectivity index is 2.77. The van der Waals surface area contributed by atoms with Gasteiger partial charge >= 0.3 is 12.0 Å². The van der Waals surface area contributed by atoms with Crippen molar-refractivity contribution < 1.29 is 23.8 Å². The third kappa shape index (κ3) is 4.31. The predicted molar refractivity (Wildman–Crippen MR) is 107 cm³/mol. The molecule has 1 aliphatic rings. The number of urea groups is 1. The number of carbonyl (C=O) groups excluding carboxylic acids is 2. The first-order valence-corrected chi connectivity index (χ1v) is 9.69. The van der Waals surface area contributed by atoms with Crippen molar-refractivity contribution in [1.82, 2.24) is 10.6 Å². The average Bonchev–Trinajstić information content (AvgIpc) is 2.65. The molecule has 28 heavy (non-hydrogen) atoms. The molecule has 0 saturated carbocycles. The molecule has 1 unspecified atom stereocenters. The quantitative estimate of drug-likeness (QED) is 0.632. The van der Waals surface area contributed by atoms with E-state index in [4.69, 9.17) is 37.4 Å². The molecule has 0 radical (unpaired) electrons. The summed E-state index contributed by atoms with van der Waals surface area (Å²) in [5.41, 5.74) is 1.16. The molecule has 1 aliphatic heterocycles. The van der Waals surface area contributed by atoms with Crippen LogP contribution in [-0.4, -0.2) is 32.3 Å². The maximum atomic E-state index is 12.6. The highest BCUT2D eigenvalue weighted by molar-refractivity contribution is 6.38. The van der Waals surface area contributed by atoms with Crippen LogP contribution in [0.3, 0.4) is 0 Å². The Morgan fingerprint density at radius 3 is 2.32 bits per heavy atom. The summed E-state index contributed by atoms with van der Waals surface area (Å²) < 4.78 is 16.2. The van der Waals surface area contributed by atoms with Crippen molar-refractivity contribution in [1.29, 1.82) is 0 Å². The summed E-state index contributed by atoms with van der Waals surface area (Å²) >= 11 is 12.9. The highest BCUT2D eigenvalue weighted by Crippen LogP contribution is 2.46. The number of hydrogen-bond donors (Lipinski definition) is 2. The number of methoxy groups -OCH3 is 1. The molecule has 1 heterocycles. The second-order valence-corrected chi connectivity index (χ2v) is 7.08. The van der Waals surface area contributed by atoms with E-state index in [1.807, 2.05) is 13.8 Å². The van der Waals surface area contributed by atoms with Gasteiger partial charge in [-0.1, -0.05) is 37.0 Å². The highest BCUT2D eigenvalue weighted by Gasteiger charge is 2.37. The van der Waals surface area contributed by atoms with Gasteiger partial charge in [-0.05, 0) is 25.8 Å². The molecule has 0 aromatic heterocycles. The van der Waals surface area contributed by atoms with E-state index in [0.717, 1.165) is 0 Å². The van der Waals surface area contributed by atoms with Crippen molar-refractivity contribution in [3.63, 3.8) is 0 Å². The number of rotatable bonds is 7. The fourth-order valence-corrected chi connectivity index (χ4v) is 3.63. The number of nitrogens with one attached hydrogen (secondary N) is 2. The molecule has 2 amide bonds. The lowest BCUT2D eigenvalue weighted by Crippen LogP contribution is -2.47. The normalized spacial score (nSPS) is 16.6. The molecular weight excluding hydrogens is 407 g/mol. The van der Waals surface area contributed by atoms with Gasteiger partial charge in [-0.3, -0.25) is 0 Å². The SMILES string of the molecule is CCOc1c(Cl)cc(C2NC(=O)NC(C(C)C)=C2C(=O)OC)c(OCC)c1Cl. The summed E-state index contributed by atoms with van der Waals surface area (Å²) in [6.45, 7) is 8.01. The molecular formula is C19H24Cl2N2O5. The molecule has 0 bridgehead atoms. The lowest BCUT2D eigenvalue weighted by molar-refractivity contribution is -0.136. The van der Waals surface area contributed by atoms with Gasteiger partial charge in [0, 0.05) is 11.3 Å². The van der Waals surface area contributed by atoms with E-state index in [0.29, 0.717) is 24.5 Å². The van der Waals surface area contributed by atoms with E-state index in [2.05, 4.69) is 10.6 Å². The number of carbonyl (C=O) groups is 2. The Labute approximate surface area is 174 Å². The van der Waals surface area contributed by atoms with E-state index in [1.165, 1.54) is 7.11 Å². The fourth-order valence-electron chi connectivity index (χ4n) is 3.00. The van der Waals surface area contributed by atoms with Crippen LogP contribution in [-0.2, 0) is 9.53 Å². The summed E-state index contributed by atoms with van der Waals surface area (Å²) in [6.07, 6.45) is 0. The van der Waals surface area contributed by atoms with Gasteiger partial charge in [-0.25, -0.2) is 9.59 Å². The smallest absolute Gasteiger partial charge is 0.337 e. The third-order valence-electron chi connectivity index (χ3n) is 4.13. The second-order valence-electron chi connectivity index (χ2n) is 6.29. The van der Waals surface area contributed by atoms with Crippen LogP contribution in [0.15, 0.2) is 17.3 Å². The number of allylic oxidation sites excluding steroid dienone is 1. The lowest BCUT2D eigenvalue weighted by atomic mass is 9.91. The minimum Gasteiger partial charge on any atom is -0.492 e. The third-order valence-corrected chi connectivity index (χ3v) is 4.76. The average molecular weight is 431 g/mol. The zero-order valence-corrected chi connectivity index (χ0v) is 18.0. The van der Waals surface area contributed by atoms with Crippen LogP contribution in [0.25, 0.3) is 0 Å². The second kappa shape index (κ2) is 9.39. The Morgan fingerprint density at radius 2 is 1.79 bits per heavy atom. The standard InChI is InChI=1S/C19H24Cl2N2O5/c1-6-27-16-10(8-11(20)17(13(16)21)28-7-2)15-12(18(24)26-5)14(9(3)4)22-19(25)23-15/h8-9,15H,6-7H2,1-5H3,(H2,22,23,25). The van der Waals surface area contributed by atoms with E-state index in [1.54, 1.807) is 19.9 Å². The van der Waals surface area contributed by atoms with Gasteiger partial charge in [0.25, 0.3) is 0 Å². The highest BCUT2D eigenvalue weighted by atomic mass is 35.5. The Bertz CT molecular complexity index is 808. The zero-order valence-electron chi connectivity index (χ0n) is 16.4. The molecule has 7 nitrogen and oxygen atoms in total. The predicted octanol–water partition coefficient (Wildman–Crippen LogP) is 4.23. The molecule has 0 aliphatic carbocycles. The van der Waals surface area contributed by atoms with E-state index in [-0.39, 0.29) is 33.0 Å². The van der Waals surface area contributed by atoms with Crippen LogP contribution >= 0.6 is 23.2 Å². The molecule has 0 saturated heterocycles. The van der Waals surface area contributed by atoms with Gasteiger partial charge in [-0.2, -0.15) is 0 Å². The summed E-state index contributed by atoms with van der Waals surface area (Å²) in [7, 11) is 1.28. The van der Waals surface area contributed by atoms with Gasteiger partial charge in [0.1, 0.15) is 10.8 Å². The van der Waals surface area contributed by atoms with Crippen LogP contribution < -0.4 is 20.1 Å². The molecule has 0 fully saturated rings. The largest absolute Gasteiger partial charge is 0.492 e. The topological polar surface area (TPSA) is 85.9 Å². The molecule has 0 spiro atoms. The molecule has 2 N–H and O–H groups in total. The van der Waals surface area contributed by atoms with Crippen LogP contribution in [0.5, 0.6) is 11.5 Å². The van der Waals surface area contributed by atoms with Crippen LogP contribution in [0.1, 0.15) is 39.3 Å². The Morgan fingerprint density at radius 1 is 1.18 bits per heavy atom.